The average molecular weight is 430 g/mol. The van der Waals surface area contributed by atoms with Gasteiger partial charge in [-0.1, -0.05) is 19.4 Å². The fraction of sp³-hybridized carbons (Fsp3) is 0.417. The number of carbonyl (C=O) groups is 2. The number of rotatable bonds is 12. The summed E-state index contributed by atoms with van der Waals surface area (Å²) >= 11 is 0. The van der Waals surface area contributed by atoms with Gasteiger partial charge in [0.25, 0.3) is 0 Å². The lowest BCUT2D eigenvalue weighted by atomic mass is 9.95. The van der Waals surface area contributed by atoms with Crippen LogP contribution in [0.3, 0.4) is 0 Å². The van der Waals surface area contributed by atoms with Gasteiger partial charge in [0, 0.05) is 18.5 Å². The molecule has 0 aliphatic carbocycles. The van der Waals surface area contributed by atoms with Crippen molar-refractivity contribution in [2.24, 2.45) is 0 Å². The second-order valence-corrected chi connectivity index (χ2v) is 7.03. The van der Waals surface area contributed by atoms with Crippen molar-refractivity contribution in [3.05, 3.63) is 47.0 Å². The number of unbranched alkanes of at least 4 members (excludes halogenated alkanes) is 1. The van der Waals surface area contributed by atoms with Gasteiger partial charge in [-0.15, -0.1) is 0 Å². The molecule has 168 valence electrons. The van der Waals surface area contributed by atoms with E-state index in [0.29, 0.717) is 40.7 Å². The van der Waals surface area contributed by atoms with Crippen LogP contribution in [0, 0.1) is 0 Å². The van der Waals surface area contributed by atoms with Crippen LogP contribution < -0.4 is 24.3 Å². The highest BCUT2D eigenvalue weighted by Crippen LogP contribution is 2.32. The van der Waals surface area contributed by atoms with E-state index in [2.05, 4.69) is 12.2 Å². The molecule has 31 heavy (non-hydrogen) atoms. The van der Waals surface area contributed by atoms with Crippen molar-refractivity contribution in [2.45, 2.75) is 32.6 Å². The lowest BCUT2D eigenvalue weighted by molar-refractivity contribution is -0.120. The highest BCUT2D eigenvalue weighted by molar-refractivity contribution is 6.00. The standard InChI is InChI=1S/C24H31NO6/c1-6-7-10-25-24(27)14-17-13-22(30-4)23(31-5)15-18(17)19(26)11-16-8-9-20(28-2)21(12-16)29-3/h8-9,12-13,15H,6-7,10-11,14H2,1-5H3,(H,25,27). The van der Waals surface area contributed by atoms with Gasteiger partial charge >= 0.3 is 0 Å². The zero-order chi connectivity index (χ0) is 22.8. The Morgan fingerprint density at radius 2 is 1.42 bits per heavy atom. The van der Waals surface area contributed by atoms with E-state index in [-0.39, 0.29) is 24.5 Å². The van der Waals surface area contributed by atoms with E-state index < -0.39 is 0 Å². The highest BCUT2D eigenvalue weighted by Gasteiger charge is 2.20. The number of ketones is 1. The van der Waals surface area contributed by atoms with E-state index in [1.54, 1.807) is 38.5 Å². The Labute approximate surface area is 183 Å². The Kier molecular flexibility index (Phi) is 9.18. The van der Waals surface area contributed by atoms with Gasteiger partial charge in [0.2, 0.25) is 5.91 Å². The minimum absolute atomic E-state index is 0.0804. The fourth-order valence-corrected chi connectivity index (χ4v) is 3.24. The van der Waals surface area contributed by atoms with Crippen LogP contribution in [0.15, 0.2) is 30.3 Å². The maximum atomic E-state index is 13.2. The molecular weight excluding hydrogens is 398 g/mol. The molecule has 2 aromatic rings. The first-order chi connectivity index (χ1) is 15.0. The third-order valence-corrected chi connectivity index (χ3v) is 4.93. The van der Waals surface area contributed by atoms with Gasteiger partial charge < -0.3 is 24.3 Å². The molecule has 7 nitrogen and oxygen atoms in total. The van der Waals surface area contributed by atoms with Crippen molar-refractivity contribution in [1.29, 1.82) is 0 Å². The number of hydrogen-bond donors (Lipinski definition) is 1. The lowest BCUT2D eigenvalue weighted by Crippen LogP contribution is -2.26. The maximum Gasteiger partial charge on any atom is 0.224 e. The molecule has 0 fully saturated rings. The van der Waals surface area contributed by atoms with Crippen LogP contribution in [0.5, 0.6) is 23.0 Å². The van der Waals surface area contributed by atoms with E-state index in [9.17, 15) is 9.59 Å². The number of benzene rings is 2. The van der Waals surface area contributed by atoms with Crippen molar-refractivity contribution < 1.29 is 28.5 Å². The van der Waals surface area contributed by atoms with Crippen molar-refractivity contribution in [2.75, 3.05) is 35.0 Å². The minimum Gasteiger partial charge on any atom is -0.493 e. The minimum atomic E-state index is -0.138. The van der Waals surface area contributed by atoms with E-state index in [1.165, 1.54) is 14.2 Å². The molecule has 7 heteroatoms. The molecule has 0 unspecified atom stereocenters. The molecule has 0 saturated carbocycles. The molecule has 0 atom stereocenters. The van der Waals surface area contributed by atoms with Gasteiger partial charge in [-0.05, 0) is 41.8 Å². The summed E-state index contributed by atoms with van der Waals surface area (Å²) in [5, 5.41) is 2.89. The van der Waals surface area contributed by atoms with Crippen LogP contribution in [-0.2, 0) is 17.6 Å². The van der Waals surface area contributed by atoms with Crippen molar-refractivity contribution in [1.82, 2.24) is 5.32 Å². The summed E-state index contributed by atoms with van der Waals surface area (Å²) in [6.07, 6.45) is 2.12. The number of methoxy groups -OCH3 is 4. The topological polar surface area (TPSA) is 83.1 Å². The van der Waals surface area contributed by atoms with E-state index >= 15 is 0 Å². The van der Waals surface area contributed by atoms with E-state index in [1.807, 2.05) is 6.07 Å². The molecule has 0 heterocycles. The average Bonchev–Trinajstić information content (AvgIpc) is 2.78. The van der Waals surface area contributed by atoms with Crippen molar-refractivity contribution in [3.63, 3.8) is 0 Å². The molecule has 0 spiro atoms. The summed E-state index contributed by atoms with van der Waals surface area (Å²) in [5.41, 5.74) is 1.80. The summed E-state index contributed by atoms with van der Waals surface area (Å²) in [5.74, 6) is 1.78. The lowest BCUT2D eigenvalue weighted by Gasteiger charge is -2.15. The summed E-state index contributed by atoms with van der Waals surface area (Å²) in [7, 11) is 6.14. The number of ether oxygens (including phenoxy) is 4. The molecular formula is C24H31NO6. The predicted molar refractivity (Wildman–Crippen MR) is 119 cm³/mol. The Morgan fingerprint density at radius 3 is 2.03 bits per heavy atom. The Hall–Kier alpha value is -3.22. The normalized spacial score (nSPS) is 10.4. The molecule has 0 saturated heterocycles. The Bertz CT molecular complexity index is 909. The quantitative estimate of drug-likeness (QED) is 0.410. The largest absolute Gasteiger partial charge is 0.493 e. The smallest absolute Gasteiger partial charge is 0.224 e. The molecule has 0 aromatic heterocycles. The first kappa shape index (κ1) is 24.1. The SMILES string of the molecule is CCCCNC(=O)Cc1cc(OC)c(OC)cc1C(=O)Cc1ccc(OC)c(OC)c1. The van der Waals surface area contributed by atoms with Gasteiger partial charge in [-0.3, -0.25) is 9.59 Å². The monoisotopic (exact) mass is 429 g/mol. The van der Waals surface area contributed by atoms with Gasteiger partial charge in [-0.2, -0.15) is 0 Å². The first-order valence-electron chi connectivity index (χ1n) is 10.2. The molecule has 1 N–H and O–H groups in total. The molecule has 1 amide bonds. The number of amides is 1. The van der Waals surface area contributed by atoms with Crippen LogP contribution in [0.1, 0.15) is 41.3 Å². The second kappa shape index (κ2) is 11.8. The zero-order valence-electron chi connectivity index (χ0n) is 18.9. The van der Waals surface area contributed by atoms with Crippen LogP contribution >= 0.6 is 0 Å². The molecule has 0 aliphatic rings. The van der Waals surface area contributed by atoms with Gasteiger partial charge in [0.15, 0.2) is 28.8 Å². The van der Waals surface area contributed by atoms with Crippen LogP contribution in [0.4, 0.5) is 0 Å². The van der Waals surface area contributed by atoms with Gasteiger partial charge in [0.05, 0.1) is 34.9 Å². The fourth-order valence-electron chi connectivity index (χ4n) is 3.24. The highest BCUT2D eigenvalue weighted by atomic mass is 16.5. The van der Waals surface area contributed by atoms with Crippen LogP contribution in [0.2, 0.25) is 0 Å². The number of carbonyl (C=O) groups excluding carboxylic acids is 2. The Morgan fingerprint density at radius 1 is 0.806 bits per heavy atom. The number of hydrogen-bond acceptors (Lipinski definition) is 6. The van der Waals surface area contributed by atoms with E-state index in [0.717, 1.165) is 18.4 Å². The summed E-state index contributed by atoms with van der Waals surface area (Å²) in [6.45, 7) is 2.67. The van der Waals surface area contributed by atoms with Crippen molar-refractivity contribution in [3.8, 4) is 23.0 Å². The summed E-state index contributed by atoms with van der Waals surface area (Å²) in [6, 6.07) is 8.68. The predicted octanol–water partition coefficient (Wildman–Crippen LogP) is 3.61. The zero-order valence-corrected chi connectivity index (χ0v) is 18.9. The molecule has 0 bridgehead atoms. The first-order valence-corrected chi connectivity index (χ1v) is 10.2. The molecule has 2 rings (SSSR count). The van der Waals surface area contributed by atoms with Crippen molar-refractivity contribution >= 4 is 11.7 Å². The summed E-state index contributed by atoms with van der Waals surface area (Å²) in [4.78, 5) is 25.6. The Balaban J connectivity index is 2.33. The van der Waals surface area contributed by atoms with Crippen LogP contribution in [-0.4, -0.2) is 46.7 Å². The summed E-state index contributed by atoms with van der Waals surface area (Å²) < 4.78 is 21.3. The number of Topliss-reactive ketones (excluding diaryl/α,β-unsaturated/α-hetero) is 1. The molecule has 0 aliphatic heterocycles. The maximum absolute atomic E-state index is 13.2. The molecule has 2 aromatic carbocycles. The third-order valence-electron chi connectivity index (χ3n) is 4.93. The van der Waals surface area contributed by atoms with Crippen LogP contribution in [0.25, 0.3) is 0 Å². The molecule has 0 radical (unpaired) electrons. The number of nitrogens with one attached hydrogen (secondary N) is 1. The second-order valence-electron chi connectivity index (χ2n) is 7.03. The van der Waals surface area contributed by atoms with Gasteiger partial charge in [0.1, 0.15) is 0 Å². The van der Waals surface area contributed by atoms with Gasteiger partial charge in [-0.25, -0.2) is 0 Å². The van der Waals surface area contributed by atoms with E-state index in [4.69, 9.17) is 18.9 Å². The third kappa shape index (κ3) is 6.38.